The normalized spacial score (nSPS) is 18.2. The lowest BCUT2D eigenvalue weighted by atomic mass is 10.1. The lowest BCUT2D eigenvalue weighted by Gasteiger charge is -2.31. The van der Waals surface area contributed by atoms with Crippen LogP contribution >= 0.6 is 0 Å². The first-order chi connectivity index (χ1) is 7.43. The molecule has 17 heavy (non-hydrogen) atoms. The fourth-order valence-electron chi connectivity index (χ4n) is 1.31. The maximum absolute atomic E-state index is 12.1. The van der Waals surface area contributed by atoms with Gasteiger partial charge in [-0.25, -0.2) is 0 Å². The Balaban J connectivity index is 2.80. The van der Waals surface area contributed by atoms with Crippen molar-refractivity contribution in [1.82, 2.24) is 4.90 Å². The Bertz CT molecular complexity index is 420. The van der Waals surface area contributed by atoms with Crippen LogP contribution in [0.25, 0.3) is 0 Å². The summed E-state index contributed by atoms with van der Waals surface area (Å²) in [6.45, 7) is 6.03. The van der Waals surface area contributed by atoms with Gasteiger partial charge in [-0.3, -0.25) is 0 Å². The number of halogens is 3. The van der Waals surface area contributed by atoms with E-state index >= 15 is 0 Å². The Labute approximate surface area is 98.2 Å². The molecule has 1 heterocycles. The molecule has 0 bridgehead atoms. The molecule has 1 aliphatic rings. The predicted octanol–water partition coefficient (Wildman–Crippen LogP) is 2.20. The molecular formula is C9H14F3NO3S. The Morgan fingerprint density at radius 1 is 1.29 bits per heavy atom. The van der Waals surface area contributed by atoms with E-state index in [1.54, 1.807) is 4.90 Å². The molecule has 1 aliphatic heterocycles. The van der Waals surface area contributed by atoms with Gasteiger partial charge >= 0.3 is 15.6 Å². The van der Waals surface area contributed by atoms with Crippen molar-refractivity contribution in [3.8, 4) is 0 Å². The average molecular weight is 273 g/mol. The third-order valence-corrected chi connectivity index (χ3v) is 3.26. The molecule has 4 nitrogen and oxygen atoms in total. The molecule has 0 fully saturated rings. The summed E-state index contributed by atoms with van der Waals surface area (Å²) in [7, 11) is -5.55. The molecule has 0 saturated heterocycles. The van der Waals surface area contributed by atoms with E-state index in [0.29, 0.717) is 6.54 Å². The van der Waals surface area contributed by atoms with Gasteiger partial charge in [-0.15, -0.1) is 0 Å². The van der Waals surface area contributed by atoms with Gasteiger partial charge in [0.25, 0.3) is 0 Å². The molecule has 0 amide bonds. The second-order valence-corrected chi connectivity index (χ2v) is 6.23. The van der Waals surface area contributed by atoms with Gasteiger partial charge in [0, 0.05) is 24.7 Å². The summed E-state index contributed by atoms with van der Waals surface area (Å²) in [6.07, 6.45) is 1.45. The number of rotatable bonds is 2. The topological polar surface area (TPSA) is 46.6 Å². The molecular weight excluding hydrogens is 259 g/mol. The zero-order valence-corrected chi connectivity index (χ0v) is 10.5. The van der Waals surface area contributed by atoms with E-state index in [9.17, 15) is 21.6 Å². The van der Waals surface area contributed by atoms with Crippen molar-refractivity contribution < 1.29 is 25.8 Å². The molecule has 0 spiro atoms. The molecule has 0 radical (unpaired) electrons. The molecule has 0 aromatic rings. The molecule has 0 saturated carbocycles. The smallest absolute Gasteiger partial charge is 0.379 e. The molecule has 0 aliphatic carbocycles. The molecule has 8 heteroatoms. The summed E-state index contributed by atoms with van der Waals surface area (Å²) in [5.74, 6) is -0.183. The van der Waals surface area contributed by atoms with Gasteiger partial charge in [0.2, 0.25) is 0 Å². The molecule has 0 atom stereocenters. The molecule has 1 rings (SSSR count). The highest BCUT2D eigenvalue weighted by molar-refractivity contribution is 7.87. The van der Waals surface area contributed by atoms with Crippen LogP contribution in [0.2, 0.25) is 0 Å². The summed E-state index contributed by atoms with van der Waals surface area (Å²) < 4.78 is 61.8. The van der Waals surface area contributed by atoms with Crippen LogP contribution in [0, 0.1) is 0 Å². The van der Waals surface area contributed by atoms with Crippen LogP contribution in [0.5, 0.6) is 0 Å². The fourth-order valence-corrected chi connectivity index (χ4v) is 1.82. The minimum atomic E-state index is -5.55. The quantitative estimate of drug-likeness (QED) is 0.571. The van der Waals surface area contributed by atoms with Gasteiger partial charge in [-0.2, -0.15) is 21.6 Å². The molecule has 0 aromatic carbocycles. The Morgan fingerprint density at radius 3 is 2.18 bits per heavy atom. The van der Waals surface area contributed by atoms with Gasteiger partial charge in [-0.1, -0.05) is 0 Å². The monoisotopic (exact) mass is 273 g/mol. The lowest BCUT2D eigenvalue weighted by Crippen LogP contribution is -2.35. The van der Waals surface area contributed by atoms with Crippen LogP contribution in [0.1, 0.15) is 27.2 Å². The van der Waals surface area contributed by atoms with Crippen LogP contribution in [0.15, 0.2) is 12.0 Å². The van der Waals surface area contributed by atoms with E-state index in [2.05, 4.69) is 4.18 Å². The fraction of sp³-hybridized carbons (Fsp3) is 0.778. The zero-order valence-electron chi connectivity index (χ0n) is 9.71. The van der Waals surface area contributed by atoms with Gasteiger partial charge in [-0.05, 0) is 20.8 Å². The molecule has 100 valence electrons. The summed E-state index contributed by atoms with van der Waals surface area (Å²) in [4.78, 5) is 1.73. The maximum Gasteiger partial charge on any atom is 0.534 e. The highest BCUT2D eigenvalue weighted by Crippen LogP contribution is 2.30. The third kappa shape index (κ3) is 3.27. The van der Waals surface area contributed by atoms with Gasteiger partial charge in [0.15, 0.2) is 0 Å². The van der Waals surface area contributed by atoms with Crippen LogP contribution < -0.4 is 0 Å². The van der Waals surface area contributed by atoms with Crippen LogP contribution in [0.4, 0.5) is 13.2 Å². The van der Waals surface area contributed by atoms with E-state index in [4.69, 9.17) is 0 Å². The van der Waals surface area contributed by atoms with E-state index in [-0.39, 0.29) is 17.7 Å². The highest BCUT2D eigenvalue weighted by atomic mass is 32.2. The third-order valence-electron chi connectivity index (χ3n) is 2.26. The molecule has 0 N–H and O–H groups in total. The predicted molar refractivity (Wildman–Crippen MR) is 55.2 cm³/mol. The van der Waals surface area contributed by atoms with E-state index in [1.807, 2.05) is 20.8 Å². The van der Waals surface area contributed by atoms with Crippen molar-refractivity contribution in [2.24, 2.45) is 0 Å². The Hall–Kier alpha value is -0.920. The standard InChI is InChI=1S/C9H14F3NO3S/c1-8(2,3)13-5-4-7(6-13)16-17(14,15)9(10,11)12/h6H,4-5H2,1-3H3. The summed E-state index contributed by atoms with van der Waals surface area (Å²) >= 11 is 0. The van der Waals surface area contributed by atoms with Gasteiger partial charge < -0.3 is 9.08 Å². The number of nitrogens with zero attached hydrogens (tertiary/aromatic N) is 1. The number of hydrogen-bond donors (Lipinski definition) is 0. The minimum Gasteiger partial charge on any atom is -0.379 e. The van der Waals surface area contributed by atoms with Crippen molar-refractivity contribution in [2.45, 2.75) is 38.2 Å². The van der Waals surface area contributed by atoms with Crippen LogP contribution in [0.3, 0.4) is 0 Å². The SMILES string of the molecule is CC(C)(C)N1C=C(OS(=O)(=O)C(F)(F)F)CC1. The average Bonchev–Trinajstić information content (AvgIpc) is 2.48. The Kier molecular flexibility index (Phi) is 3.39. The number of alkyl halides is 3. The van der Waals surface area contributed by atoms with Crippen molar-refractivity contribution in [3.05, 3.63) is 12.0 Å². The first-order valence-electron chi connectivity index (χ1n) is 4.92. The summed E-state index contributed by atoms with van der Waals surface area (Å²) in [6, 6.07) is 0. The minimum absolute atomic E-state index is 0.145. The summed E-state index contributed by atoms with van der Waals surface area (Å²) in [5, 5.41) is 0. The van der Waals surface area contributed by atoms with Crippen molar-refractivity contribution in [3.63, 3.8) is 0 Å². The summed E-state index contributed by atoms with van der Waals surface area (Å²) in [5.41, 5.74) is -5.67. The number of hydrogen-bond acceptors (Lipinski definition) is 4. The lowest BCUT2D eigenvalue weighted by molar-refractivity contribution is -0.0522. The van der Waals surface area contributed by atoms with E-state index in [0.717, 1.165) is 0 Å². The van der Waals surface area contributed by atoms with Crippen molar-refractivity contribution in [2.75, 3.05) is 6.54 Å². The van der Waals surface area contributed by atoms with E-state index < -0.39 is 15.6 Å². The molecule has 0 unspecified atom stereocenters. The van der Waals surface area contributed by atoms with Crippen molar-refractivity contribution in [1.29, 1.82) is 0 Å². The van der Waals surface area contributed by atoms with Crippen molar-refractivity contribution >= 4 is 10.1 Å². The largest absolute Gasteiger partial charge is 0.534 e. The first-order valence-corrected chi connectivity index (χ1v) is 6.32. The second kappa shape index (κ2) is 4.08. The van der Waals surface area contributed by atoms with Gasteiger partial charge in [0.05, 0.1) is 0 Å². The van der Waals surface area contributed by atoms with Gasteiger partial charge in [0.1, 0.15) is 5.76 Å². The maximum atomic E-state index is 12.1. The second-order valence-electron chi connectivity index (χ2n) is 4.69. The van der Waals surface area contributed by atoms with Crippen LogP contribution in [-0.2, 0) is 14.3 Å². The Morgan fingerprint density at radius 2 is 1.82 bits per heavy atom. The zero-order chi connectivity index (χ0) is 13.5. The highest BCUT2D eigenvalue weighted by Gasteiger charge is 2.49. The molecule has 0 aromatic heterocycles. The first kappa shape index (κ1) is 14.1. The van der Waals surface area contributed by atoms with E-state index in [1.165, 1.54) is 6.20 Å². The van der Waals surface area contributed by atoms with Crippen LogP contribution in [-0.4, -0.2) is 30.9 Å².